The van der Waals surface area contributed by atoms with Gasteiger partial charge < -0.3 is 10.2 Å². The van der Waals surface area contributed by atoms with Gasteiger partial charge in [-0.2, -0.15) is 0 Å². The average Bonchev–Trinajstić information content (AvgIpc) is 2.41. The Balaban J connectivity index is 2.53. The SMILES string of the molecule is O=C(/C=C/CCC[C@H](O)c1cc(Br)cc(Br)c1O)NO. The standard InChI is InChI=1S/C13H15Br2NO4/c14-8-6-9(13(19)10(15)7-8)11(17)4-2-1-3-5-12(18)16-20/h3,5-7,11,17,19-20H,1-2,4H2,(H,16,18)/b5-3+/t11-/m0/s1. The summed E-state index contributed by atoms with van der Waals surface area (Å²) in [6, 6.07) is 3.36. The quantitative estimate of drug-likeness (QED) is 0.252. The molecule has 0 aromatic heterocycles. The predicted molar refractivity (Wildman–Crippen MR) is 81.4 cm³/mol. The van der Waals surface area contributed by atoms with Crippen LogP contribution < -0.4 is 5.48 Å². The second kappa shape index (κ2) is 8.41. The number of hydroxylamine groups is 1. The maximum absolute atomic E-state index is 10.7. The van der Waals surface area contributed by atoms with Crippen LogP contribution in [0.5, 0.6) is 5.75 Å². The van der Waals surface area contributed by atoms with Crippen molar-refractivity contribution in [3.05, 3.63) is 38.8 Å². The molecule has 0 spiro atoms. The number of allylic oxidation sites excluding steroid dienone is 1. The van der Waals surface area contributed by atoms with Gasteiger partial charge in [0.25, 0.3) is 5.91 Å². The molecule has 0 aliphatic rings. The maximum Gasteiger partial charge on any atom is 0.267 e. The van der Waals surface area contributed by atoms with Crippen LogP contribution >= 0.6 is 31.9 Å². The van der Waals surface area contributed by atoms with E-state index in [1.807, 2.05) is 0 Å². The molecule has 0 radical (unpaired) electrons. The Morgan fingerprint density at radius 3 is 2.75 bits per heavy atom. The van der Waals surface area contributed by atoms with E-state index in [2.05, 4.69) is 31.9 Å². The minimum atomic E-state index is -0.788. The Hall–Kier alpha value is -0.890. The Morgan fingerprint density at radius 2 is 2.10 bits per heavy atom. The summed E-state index contributed by atoms with van der Waals surface area (Å²) in [4.78, 5) is 10.7. The number of nitrogens with one attached hydrogen (secondary N) is 1. The van der Waals surface area contributed by atoms with Crippen LogP contribution in [-0.4, -0.2) is 21.3 Å². The highest BCUT2D eigenvalue weighted by molar-refractivity contribution is 9.11. The van der Waals surface area contributed by atoms with Gasteiger partial charge in [-0.1, -0.05) is 22.0 Å². The topological polar surface area (TPSA) is 89.8 Å². The van der Waals surface area contributed by atoms with E-state index in [4.69, 9.17) is 5.21 Å². The van der Waals surface area contributed by atoms with Crippen molar-refractivity contribution in [2.45, 2.75) is 25.4 Å². The van der Waals surface area contributed by atoms with E-state index >= 15 is 0 Å². The van der Waals surface area contributed by atoms with Crippen molar-refractivity contribution in [1.29, 1.82) is 0 Å². The zero-order valence-electron chi connectivity index (χ0n) is 10.5. The second-order valence-corrected chi connectivity index (χ2v) is 5.92. The molecule has 1 atom stereocenters. The minimum absolute atomic E-state index is 0.0240. The number of aliphatic hydroxyl groups excluding tert-OH is 1. The molecule has 0 fully saturated rings. The first kappa shape index (κ1) is 17.2. The van der Waals surface area contributed by atoms with E-state index in [0.29, 0.717) is 29.3 Å². The van der Waals surface area contributed by atoms with E-state index in [1.54, 1.807) is 18.2 Å². The van der Waals surface area contributed by atoms with Gasteiger partial charge in [0.15, 0.2) is 0 Å². The van der Waals surface area contributed by atoms with Crippen molar-refractivity contribution < 1.29 is 20.2 Å². The van der Waals surface area contributed by atoms with Gasteiger partial charge in [0.05, 0.1) is 10.6 Å². The molecule has 0 aliphatic carbocycles. The number of hydrogen-bond acceptors (Lipinski definition) is 4. The summed E-state index contributed by atoms with van der Waals surface area (Å²) >= 11 is 6.51. The van der Waals surface area contributed by atoms with Crippen molar-refractivity contribution in [2.24, 2.45) is 0 Å². The summed E-state index contributed by atoms with van der Waals surface area (Å²) in [5.41, 5.74) is 1.94. The summed E-state index contributed by atoms with van der Waals surface area (Å²) in [6.07, 6.45) is 3.71. The third-order valence-electron chi connectivity index (χ3n) is 2.64. The Labute approximate surface area is 133 Å². The first-order valence-electron chi connectivity index (χ1n) is 5.92. The fourth-order valence-corrected chi connectivity index (χ4v) is 2.91. The molecule has 0 saturated carbocycles. The molecule has 5 nitrogen and oxygen atoms in total. The summed E-state index contributed by atoms with van der Waals surface area (Å²) in [5.74, 6) is -0.560. The maximum atomic E-state index is 10.7. The highest BCUT2D eigenvalue weighted by Crippen LogP contribution is 2.36. The van der Waals surface area contributed by atoms with Gasteiger partial charge in [0.2, 0.25) is 0 Å². The number of carbonyl (C=O) groups is 1. The lowest BCUT2D eigenvalue weighted by Gasteiger charge is -2.13. The van der Waals surface area contributed by atoms with Crippen LogP contribution in [0.15, 0.2) is 33.2 Å². The number of hydrogen-bond donors (Lipinski definition) is 4. The average molecular weight is 409 g/mol. The first-order chi connectivity index (χ1) is 9.45. The lowest BCUT2D eigenvalue weighted by molar-refractivity contribution is -0.124. The smallest absolute Gasteiger partial charge is 0.267 e. The van der Waals surface area contributed by atoms with Crippen LogP contribution in [0.4, 0.5) is 0 Å². The normalized spacial score (nSPS) is 12.6. The molecule has 1 aromatic carbocycles. The van der Waals surface area contributed by atoms with Gasteiger partial charge >= 0.3 is 0 Å². The van der Waals surface area contributed by atoms with Gasteiger partial charge in [0.1, 0.15) is 5.75 Å². The van der Waals surface area contributed by atoms with Crippen molar-refractivity contribution in [2.75, 3.05) is 0 Å². The number of carbonyl (C=O) groups excluding carboxylic acids is 1. The van der Waals surface area contributed by atoms with Gasteiger partial charge in [-0.3, -0.25) is 10.0 Å². The van der Waals surface area contributed by atoms with Crippen LogP contribution in [0, 0.1) is 0 Å². The number of rotatable bonds is 6. The number of phenols is 1. The number of aromatic hydroxyl groups is 1. The Kier molecular flexibility index (Phi) is 7.22. The van der Waals surface area contributed by atoms with Crippen LogP contribution in [-0.2, 0) is 4.79 Å². The van der Waals surface area contributed by atoms with Gasteiger partial charge in [-0.05, 0) is 47.3 Å². The summed E-state index contributed by atoms with van der Waals surface area (Å²) in [7, 11) is 0. The molecule has 0 saturated heterocycles. The van der Waals surface area contributed by atoms with Crippen molar-refractivity contribution in [1.82, 2.24) is 5.48 Å². The van der Waals surface area contributed by atoms with Crippen LogP contribution in [0.1, 0.15) is 30.9 Å². The number of phenolic OH excluding ortho intramolecular Hbond substituents is 1. The molecule has 1 aromatic rings. The summed E-state index contributed by atoms with van der Waals surface area (Å²) in [5, 5.41) is 28.2. The molecule has 20 heavy (non-hydrogen) atoms. The molecule has 4 N–H and O–H groups in total. The van der Waals surface area contributed by atoms with Crippen molar-refractivity contribution in [3.8, 4) is 5.75 Å². The number of halogens is 2. The molecule has 110 valence electrons. The zero-order chi connectivity index (χ0) is 15.1. The van der Waals surface area contributed by atoms with E-state index in [0.717, 1.165) is 4.47 Å². The van der Waals surface area contributed by atoms with Crippen LogP contribution in [0.2, 0.25) is 0 Å². The Bertz CT molecular complexity index is 505. The van der Waals surface area contributed by atoms with Crippen molar-refractivity contribution in [3.63, 3.8) is 0 Å². The molecule has 0 aliphatic heterocycles. The molecule has 1 amide bonds. The summed E-state index contributed by atoms with van der Waals surface area (Å²) in [6.45, 7) is 0. The highest BCUT2D eigenvalue weighted by Gasteiger charge is 2.15. The fraction of sp³-hybridized carbons (Fsp3) is 0.308. The molecule has 0 unspecified atom stereocenters. The van der Waals surface area contributed by atoms with E-state index < -0.39 is 12.0 Å². The highest BCUT2D eigenvalue weighted by atomic mass is 79.9. The molecule has 0 bridgehead atoms. The third kappa shape index (κ3) is 5.24. The largest absolute Gasteiger partial charge is 0.506 e. The predicted octanol–water partition coefficient (Wildman–Crippen LogP) is 3.18. The van der Waals surface area contributed by atoms with E-state index in [-0.39, 0.29) is 5.75 Å². The van der Waals surface area contributed by atoms with Gasteiger partial charge in [-0.25, -0.2) is 5.48 Å². The lowest BCUT2D eigenvalue weighted by Crippen LogP contribution is -2.14. The summed E-state index contributed by atoms with van der Waals surface area (Å²) < 4.78 is 1.27. The van der Waals surface area contributed by atoms with Crippen LogP contribution in [0.3, 0.4) is 0 Å². The Morgan fingerprint density at radius 1 is 1.40 bits per heavy atom. The van der Waals surface area contributed by atoms with Crippen molar-refractivity contribution >= 4 is 37.8 Å². The van der Waals surface area contributed by atoms with Crippen LogP contribution in [0.25, 0.3) is 0 Å². The van der Waals surface area contributed by atoms with E-state index in [9.17, 15) is 15.0 Å². The van der Waals surface area contributed by atoms with Gasteiger partial charge in [0, 0.05) is 16.1 Å². The zero-order valence-corrected chi connectivity index (χ0v) is 13.7. The fourth-order valence-electron chi connectivity index (χ4n) is 1.65. The second-order valence-electron chi connectivity index (χ2n) is 4.15. The number of unbranched alkanes of at least 4 members (excludes halogenated alkanes) is 1. The lowest BCUT2D eigenvalue weighted by atomic mass is 10.0. The molecular formula is C13H15Br2NO4. The van der Waals surface area contributed by atoms with Gasteiger partial charge in [-0.15, -0.1) is 0 Å². The molecule has 7 heteroatoms. The van der Waals surface area contributed by atoms with E-state index in [1.165, 1.54) is 11.6 Å². The molecular weight excluding hydrogens is 394 g/mol. The minimum Gasteiger partial charge on any atom is -0.506 e. The number of amides is 1. The third-order valence-corrected chi connectivity index (χ3v) is 3.71. The number of benzene rings is 1. The molecule has 1 rings (SSSR count). The first-order valence-corrected chi connectivity index (χ1v) is 7.51. The number of aliphatic hydroxyl groups is 1. The monoisotopic (exact) mass is 407 g/mol. The molecule has 0 heterocycles.